The highest BCUT2D eigenvalue weighted by atomic mass is 35.5. The van der Waals surface area contributed by atoms with E-state index in [-0.39, 0.29) is 18.2 Å². The second-order valence-corrected chi connectivity index (χ2v) is 5.64. The molecule has 1 aromatic rings. The van der Waals surface area contributed by atoms with Crippen molar-refractivity contribution in [1.82, 2.24) is 4.90 Å². The van der Waals surface area contributed by atoms with Crippen LogP contribution in [0.25, 0.3) is 0 Å². The van der Waals surface area contributed by atoms with Gasteiger partial charge in [-0.1, -0.05) is 11.6 Å². The molecule has 0 spiro atoms. The second kappa shape index (κ2) is 8.17. The summed E-state index contributed by atoms with van der Waals surface area (Å²) < 4.78 is 10.3. The Bertz CT molecular complexity index is 573. The number of methoxy groups -OCH3 is 1. The van der Waals surface area contributed by atoms with E-state index in [1.165, 1.54) is 14.0 Å². The fourth-order valence-corrected chi connectivity index (χ4v) is 2.72. The molecule has 0 aromatic heterocycles. The normalized spacial score (nSPS) is 14.5. The maximum atomic E-state index is 12.2. The zero-order chi connectivity index (χ0) is 16.8. The minimum Gasteiger partial charge on any atom is -0.495 e. The molecule has 1 saturated heterocycles. The smallest absolute Gasteiger partial charge is 0.224 e. The summed E-state index contributed by atoms with van der Waals surface area (Å²) >= 11 is 6.11. The van der Waals surface area contributed by atoms with Crippen molar-refractivity contribution in [2.75, 3.05) is 44.9 Å². The molecule has 1 aliphatic rings. The highest BCUT2D eigenvalue weighted by Crippen LogP contribution is 2.29. The van der Waals surface area contributed by atoms with Crippen molar-refractivity contribution in [2.45, 2.75) is 13.3 Å². The largest absolute Gasteiger partial charge is 0.495 e. The number of nitrogens with zero attached hydrogens (tertiary/aromatic N) is 2. The van der Waals surface area contributed by atoms with E-state index in [1.807, 2.05) is 0 Å². The topological polar surface area (TPSA) is 59.1 Å². The molecule has 0 radical (unpaired) electrons. The maximum absolute atomic E-state index is 12.2. The van der Waals surface area contributed by atoms with Crippen molar-refractivity contribution in [3.63, 3.8) is 0 Å². The second-order valence-electron chi connectivity index (χ2n) is 5.23. The quantitative estimate of drug-likeness (QED) is 0.822. The van der Waals surface area contributed by atoms with Crippen LogP contribution in [0, 0.1) is 0 Å². The Balaban J connectivity index is 2.02. The van der Waals surface area contributed by atoms with Gasteiger partial charge in [-0.2, -0.15) is 0 Å². The molecule has 0 unspecified atom stereocenters. The van der Waals surface area contributed by atoms with E-state index in [0.717, 1.165) is 0 Å². The zero-order valence-electron chi connectivity index (χ0n) is 13.4. The van der Waals surface area contributed by atoms with Gasteiger partial charge in [0.05, 0.1) is 25.3 Å². The first-order chi connectivity index (χ1) is 11.0. The molecule has 0 N–H and O–H groups in total. The summed E-state index contributed by atoms with van der Waals surface area (Å²) in [6, 6.07) is 5.13. The van der Waals surface area contributed by atoms with Crippen LogP contribution in [0.3, 0.4) is 0 Å². The lowest BCUT2D eigenvalue weighted by molar-refractivity contribution is -0.135. The van der Waals surface area contributed by atoms with Crippen LogP contribution in [0.4, 0.5) is 5.69 Å². The predicted octanol–water partition coefficient (Wildman–Crippen LogP) is 1.95. The molecule has 0 atom stereocenters. The summed E-state index contributed by atoms with van der Waals surface area (Å²) in [4.78, 5) is 27.4. The molecule has 0 bridgehead atoms. The van der Waals surface area contributed by atoms with Crippen LogP contribution in [-0.4, -0.2) is 56.7 Å². The van der Waals surface area contributed by atoms with Gasteiger partial charge in [-0.05, 0) is 18.2 Å². The summed E-state index contributed by atoms with van der Waals surface area (Å²) in [5.74, 6) is 0.434. The van der Waals surface area contributed by atoms with E-state index in [1.54, 1.807) is 28.0 Å². The standard InChI is InChI=1S/C16H21ClN2O4/c1-12(20)19(13-3-4-15(22-2)14(17)11-13)6-5-16(21)18-7-9-23-10-8-18/h3-4,11H,5-10H2,1-2H3. The van der Waals surface area contributed by atoms with Crippen molar-refractivity contribution < 1.29 is 19.1 Å². The molecule has 23 heavy (non-hydrogen) atoms. The third-order valence-electron chi connectivity index (χ3n) is 3.74. The Morgan fingerprint density at radius 1 is 1.35 bits per heavy atom. The minimum atomic E-state index is -0.138. The molecule has 0 aliphatic carbocycles. The number of rotatable bonds is 5. The molecule has 2 amide bonds. The van der Waals surface area contributed by atoms with Crippen molar-refractivity contribution in [3.8, 4) is 5.75 Å². The number of hydrogen-bond acceptors (Lipinski definition) is 4. The van der Waals surface area contributed by atoms with Gasteiger partial charge in [0.15, 0.2) is 0 Å². The highest BCUT2D eigenvalue weighted by Gasteiger charge is 2.20. The molecule has 1 aromatic carbocycles. The number of benzene rings is 1. The first-order valence-corrected chi connectivity index (χ1v) is 7.88. The van der Waals surface area contributed by atoms with Crippen LogP contribution in [0.2, 0.25) is 5.02 Å². The van der Waals surface area contributed by atoms with Gasteiger partial charge in [-0.25, -0.2) is 0 Å². The molecule has 1 heterocycles. The summed E-state index contributed by atoms with van der Waals surface area (Å²) in [5, 5.41) is 0.427. The van der Waals surface area contributed by atoms with Gasteiger partial charge in [0.25, 0.3) is 0 Å². The van der Waals surface area contributed by atoms with E-state index < -0.39 is 0 Å². The summed E-state index contributed by atoms with van der Waals surface area (Å²) in [6.07, 6.45) is 0.267. The average Bonchev–Trinajstić information content (AvgIpc) is 2.55. The third-order valence-corrected chi connectivity index (χ3v) is 4.04. The molecule has 7 heteroatoms. The van der Waals surface area contributed by atoms with E-state index in [4.69, 9.17) is 21.1 Å². The third kappa shape index (κ3) is 4.59. The molecule has 126 valence electrons. The Labute approximate surface area is 140 Å². The Hall–Kier alpha value is -1.79. The van der Waals surface area contributed by atoms with Gasteiger partial charge in [0.2, 0.25) is 11.8 Å². The number of anilines is 1. The number of halogens is 1. The van der Waals surface area contributed by atoms with Gasteiger partial charge in [0.1, 0.15) is 5.75 Å². The zero-order valence-corrected chi connectivity index (χ0v) is 14.1. The number of carbonyl (C=O) groups is 2. The van der Waals surface area contributed by atoms with E-state index in [0.29, 0.717) is 49.3 Å². The predicted molar refractivity (Wildman–Crippen MR) is 88.0 cm³/mol. The Kier molecular flexibility index (Phi) is 6.24. The molecule has 1 aliphatic heterocycles. The molecule has 6 nitrogen and oxygen atoms in total. The summed E-state index contributed by atoms with van der Waals surface area (Å²) in [5.41, 5.74) is 0.651. The van der Waals surface area contributed by atoms with Gasteiger partial charge in [-0.3, -0.25) is 9.59 Å². The van der Waals surface area contributed by atoms with Gasteiger partial charge < -0.3 is 19.3 Å². The van der Waals surface area contributed by atoms with Crippen molar-refractivity contribution in [1.29, 1.82) is 0 Å². The summed E-state index contributed by atoms with van der Waals surface area (Å²) in [6.45, 7) is 4.12. The Morgan fingerprint density at radius 2 is 2.04 bits per heavy atom. The van der Waals surface area contributed by atoms with E-state index in [9.17, 15) is 9.59 Å². The van der Waals surface area contributed by atoms with Gasteiger partial charge in [0, 0.05) is 38.7 Å². The lowest BCUT2D eigenvalue weighted by atomic mass is 10.2. The molecular formula is C16H21ClN2O4. The Morgan fingerprint density at radius 3 is 2.61 bits per heavy atom. The average molecular weight is 341 g/mol. The van der Waals surface area contributed by atoms with Crippen LogP contribution >= 0.6 is 11.6 Å². The fourth-order valence-electron chi connectivity index (χ4n) is 2.47. The van der Waals surface area contributed by atoms with Crippen molar-refractivity contribution >= 4 is 29.1 Å². The maximum Gasteiger partial charge on any atom is 0.224 e. The SMILES string of the molecule is COc1ccc(N(CCC(=O)N2CCOCC2)C(C)=O)cc1Cl. The minimum absolute atomic E-state index is 0.0270. The highest BCUT2D eigenvalue weighted by molar-refractivity contribution is 6.32. The molecule has 1 fully saturated rings. The van der Waals surface area contributed by atoms with E-state index in [2.05, 4.69) is 0 Å². The number of carbonyl (C=O) groups excluding carboxylic acids is 2. The van der Waals surface area contributed by atoms with Crippen molar-refractivity contribution in [2.24, 2.45) is 0 Å². The van der Waals surface area contributed by atoms with E-state index >= 15 is 0 Å². The van der Waals surface area contributed by atoms with Gasteiger partial charge >= 0.3 is 0 Å². The van der Waals surface area contributed by atoms with Crippen LogP contribution in [0.5, 0.6) is 5.75 Å². The fraction of sp³-hybridized carbons (Fsp3) is 0.500. The molecule has 2 rings (SSSR count). The monoisotopic (exact) mass is 340 g/mol. The molecular weight excluding hydrogens is 320 g/mol. The van der Waals surface area contributed by atoms with Crippen LogP contribution in [-0.2, 0) is 14.3 Å². The van der Waals surface area contributed by atoms with Crippen LogP contribution < -0.4 is 9.64 Å². The van der Waals surface area contributed by atoms with Crippen LogP contribution in [0.15, 0.2) is 18.2 Å². The van der Waals surface area contributed by atoms with Crippen molar-refractivity contribution in [3.05, 3.63) is 23.2 Å². The summed E-state index contributed by atoms with van der Waals surface area (Å²) in [7, 11) is 1.53. The first kappa shape index (κ1) is 17.6. The first-order valence-electron chi connectivity index (χ1n) is 7.50. The van der Waals surface area contributed by atoms with Crippen LogP contribution in [0.1, 0.15) is 13.3 Å². The number of amides is 2. The lowest BCUT2D eigenvalue weighted by Gasteiger charge is -2.28. The number of hydrogen-bond donors (Lipinski definition) is 0. The van der Waals surface area contributed by atoms with Gasteiger partial charge in [-0.15, -0.1) is 0 Å². The lowest BCUT2D eigenvalue weighted by Crippen LogP contribution is -2.42. The number of morpholine rings is 1. The molecule has 0 saturated carbocycles. The number of ether oxygens (including phenoxy) is 2.